The molecule has 0 radical (unpaired) electrons. The Morgan fingerprint density at radius 2 is 1.93 bits per heavy atom. The van der Waals surface area contributed by atoms with Crippen LogP contribution >= 0.6 is 11.3 Å². The standard InChI is InChI=1S/C21H31N3O2S/c1-4-22-21(23-12-16(2)19-10-11-27-15-19)24-13-20(25)14-26-17(3)18-8-6-5-7-9-18/h5-11,15-17,20,25H,4,12-14H2,1-3H3,(H2,22,23,24). The molecule has 0 fully saturated rings. The molecular weight excluding hydrogens is 358 g/mol. The summed E-state index contributed by atoms with van der Waals surface area (Å²) < 4.78 is 5.77. The fourth-order valence-electron chi connectivity index (χ4n) is 2.59. The number of rotatable bonds is 10. The number of ether oxygens (including phenoxy) is 1. The Kier molecular flexibility index (Phi) is 9.31. The largest absolute Gasteiger partial charge is 0.389 e. The van der Waals surface area contributed by atoms with Crippen molar-refractivity contribution in [3.63, 3.8) is 0 Å². The summed E-state index contributed by atoms with van der Waals surface area (Å²) in [6.45, 7) is 8.32. The maximum absolute atomic E-state index is 10.2. The van der Waals surface area contributed by atoms with Gasteiger partial charge in [0.2, 0.25) is 0 Å². The van der Waals surface area contributed by atoms with Crippen molar-refractivity contribution >= 4 is 17.3 Å². The molecule has 6 heteroatoms. The number of nitrogens with zero attached hydrogens (tertiary/aromatic N) is 1. The normalized spacial score (nSPS) is 15.2. The van der Waals surface area contributed by atoms with E-state index in [9.17, 15) is 5.11 Å². The van der Waals surface area contributed by atoms with Gasteiger partial charge in [0.05, 0.1) is 25.4 Å². The number of hydrogen-bond acceptors (Lipinski definition) is 4. The predicted octanol–water partition coefficient (Wildman–Crippen LogP) is 3.55. The zero-order valence-corrected chi connectivity index (χ0v) is 17.2. The third kappa shape index (κ3) is 7.71. The highest BCUT2D eigenvalue weighted by Crippen LogP contribution is 2.17. The van der Waals surface area contributed by atoms with E-state index in [1.165, 1.54) is 5.56 Å². The third-order valence-corrected chi connectivity index (χ3v) is 5.00. The second kappa shape index (κ2) is 11.7. The summed E-state index contributed by atoms with van der Waals surface area (Å²) in [5.41, 5.74) is 2.43. The van der Waals surface area contributed by atoms with Gasteiger partial charge in [-0.1, -0.05) is 37.3 Å². The molecule has 0 saturated carbocycles. The first-order valence-corrected chi connectivity index (χ1v) is 10.4. The number of aliphatic hydroxyl groups excluding tert-OH is 1. The van der Waals surface area contributed by atoms with Crippen LogP contribution in [0.1, 0.15) is 43.9 Å². The van der Waals surface area contributed by atoms with Crippen molar-refractivity contribution in [1.29, 1.82) is 0 Å². The van der Waals surface area contributed by atoms with Crippen LogP contribution in [0.5, 0.6) is 0 Å². The Labute approximate surface area is 166 Å². The molecule has 0 saturated heterocycles. The van der Waals surface area contributed by atoms with Gasteiger partial charge in [0.25, 0.3) is 0 Å². The Morgan fingerprint density at radius 3 is 2.59 bits per heavy atom. The molecule has 5 nitrogen and oxygen atoms in total. The van der Waals surface area contributed by atoms with E-state index in [0.717, 1.165) is 24.6 Å². The minimum Gasteiger partial charge on any atom is -0.389 e. The van der Waals surface area contributed by atoms with Gasteiger partial charge in [0.1, 0.15) is 0 Å². The third-order valence-electron chi connectivity index (χ3n) is 4.30. The Bertz CT molecular complexity index is 661. The summed E-state index contributed by atoms with van der Waals surface area (Å²) in [4.78, 5) is 4.48. The van der Waals surface area contributed by atoms with Crippen molar-refractivity contribution in [3.05, 3.63) is 58.3 Å². The molecule has 3 N–H and O–H groups in total. The zero-order valence-electron chi connectivity index (χ0n) is 16.4. The lowest BCUT2D eigenvalue weighted by Gasteiger charge is -2.17. The molecule has 0 aliphatic carbocycles. The van der Waals surface area contributed by atoms with E-state index in [1.807, 2.05) is 44.2 Å². The van der Waals surface area contributed by atoms with Gasteiger partial charge < -0.3 is 20.5 Å². The van der Waals surface area contributed by atoms with Crippen LogP contribution in [0, 0.1) is 0 Å². The number of guanidine groups is 1. The van der Waals surface area contributed by atoms with Gasteiger partial charge in [-0.05, 0) is 47.7 Å². The fraction of sp³-hybridized carbons (Fsp3) is 0.476. The van der Waals surface area contributed by atoms with Gasteiger partial charge >= 0.3 is 0 Å². The van der Waals surface area contributed by atoms with Crippen molar-refractivity contribution in [3.8, 4) is 0 Å². The first-order chi connectivity index (χ1) is 13.1. The van der Waals surface area contributed by atoms with Crippen LogP contribution in [-0.2, 0) is 4.74 Å². The van der Waals surface area contributed by atoms with Gasteiger partial charge in [-0.15, -0.1) is 0 Å². The van der Waals surface area contributed by atoms with Crippen LogP contribution in [0.15, 0.2) is 52.2 Å². The SMILES string of the molecule is CCNC(=NCC(O)COC(C)c1ccccc1)NCC(C)c1ccsc1. The number of aliphatic imine (C=N–C) groups is 1. The number of benzene rings is 1. The molecule has 148 valence electrons. The maximum Gasteiger partial charge on any atom is 0.191 e. The summed E-state index contributed by atoms with van der Waals surface area (Å²) in [6, 6.07) is 12.2. The van der Waals surface area contributed by atoms with Crippen LogP contribution < -0.4 is 10.6 Å². The van der Waals surface area contributed by atoms with Gasteiger partial charge in [-0.2, -0.15) is 11.3 Å². The quantitative estimate of drug-likeness (QED) is 0.429. The lowest BCUT2D eigenvalue weighted by atomic mass is 10.1. The van der Waals surface area contributed by atoms with Crippen molar-refractivity contribution in [2.75, 3.05) is 26.2 Å². The molecular formula is C21H31N3O2S. The highest BCUT2D eigenvalue weighted by molar-refractivity contribution is 7.07. The van der Waals surface area contributed by atoms with Gasteiger partial charge in [0.15, 0.2) is 5.96 Å². The van der Waals surface area contributed by atoms with E-state index in [2.05, 4.69) is 39.4 Å². The molecule has 1 heterocycles. The smallest absolute Gasteiger partial charge is 0.191 e. The Morgan fingerprint density at radius 1 is 1.15 bits per heavy atom. The molecule has 1 aromatic carbocycles. The lowest BCUT2D eigenvalue weighted by Crippen LogP contribution is -2.39. The molecule has 0 aliphatic rings. The summed E-state index contributed by atoms with van der Waals surface area (Å²) >= 11 is 1.71. The van der Waals surface area contributed by atoms with E-state index in [-0.39, 0.29) is 12.7 Å². The number of thiophene rings is 1. The maximum atomic E-state index is 10.2. The number of aliphatic hydroxyl groups is 1. The first-order valence-electron chi connectivity index (χ1n) is 9.49. The average Bonchev–Trinajstić information content (AvgIpc) is 3.23. The Hall–Kier alpha value is -1.89. The molecule has 0 amide bonds. The molecule has 0 bridgehead atoms. The number of nitrogens with one attached hydrogen (secondary N) is 2. The van der Waals surface area contributed by atoms with E-state index < -0.39 is 6.10 Å². The van der Waals surface area contributed by atoms with E-state index in [4.69, 9.17) is 4.74 Å². The lowest BCUT2D eigenvalue weighted by molar-refractivity contribution is 0.00111. The van der Waals surface area contributed by atoms with Crippen LogP contribution in [0.4, 0.5) is 0 Å². The van der Waals surface area contributed by atoms with Gasteiger partial charge in [-0.25, -0.2) is 0 Å². The van der Waals surface area contributed by atoms with E-state index in [1.54, 1.807) is 11.3 Å². The molecule has 3 atom stereocenters. The molecule has 3 unspecified atom stereocenters. The van der Waals surface area contributed by atoms with Crippen molar-refractivity contribution in [2.24, 2.45) is 4.99 Å². The summed E-state index contributed by atoms with van der Waals surface area (Å²) in [5, 5.41) is 21.0. The van der Waals surface area contributed by atoms with E-state index >= 15 is 0 Å². The minimum absolute atomic E-state index is 0.0531. The van der Waals surface area contributed by atoms with Crippen LogP contribution in [0.25, 0.3) is 0 Å². The van der Waals surface area contributed by atoms with E-state index in [0.29, 0.717) is 12.5 Å². The molecule has 0 aliphatic heterocycles. The second-order valence-electron chi connectivity index (χ2n) is 6.60. The number of hydrogen-bond donors (Lipinski definition) is 3. The summed E-state index contributed by atoms with van der Waals surface area (Å²) in [6.07, 6.45) is -0.691. The van der Waals surface area contributed by atoms with Crippen LogP contribution in [0.2, 0.25) is 0 Å². The zero-order chi connectivity index (χ0) is 19.5. The van der Waals surface area contributed by atoms with Crippen molar-refractivity contribution < 1.29 is 9.84 Å². The Balaban J connectivity index is 1.77. The molecule has 2 rings (SSSR count). The monoisotopic (exact) mass is 389 g/mol. The fourth-order valence-corrected chi connectivity index (χ4v) is 3.37. The van der Waals surface area contributed by atoms with Gasteiger partial charge in [0, 0.05) is 13.1 Å². The van der Waals surface area contributed by atoms with Crippen LogP contribution in [-0.4, -0.2) is 43.4 Å². The molecule has 27 heavy (non-hydrogen) atoms. The summed E-state index contributed by atoms with van der Waals surface area (Å²) in [7, 11) is 0. The molecule has 2 aromatic rings. The predicted molar refractivity (Wildman–Crippen MR) is 114 cm³/mol. The average molecular weight is 390 g/mol. The van der Waals surface area contributed by atoms with Crippen LogP contribution in [0.3, 0.4) is 0 Å². The second-order valence-corrected chi connectivity index (χ2v) is 7.38. The summed E-state index contributed by atoms with van der Waals surface area (Å²) in [5.74, 6) is 1.12. The topological polar surface area (TPSA) is 65.9 Å². The van der Waals surface area contributed by atoms with Gasteiger partial charge in [-0.3, -0.25) is 4.99 Å². The van der Waals surface area contributed by atoms with Crippen molar-refractivity contribution in [1.82, 2.24) is 10.6 Å². The van der Waals surface area contributed by atoms with Crippen molar-refractivity contribution in [2.45, 2.75) is 38.9 Å². The highest BCUT2D eigenvalue weighted by atomic mass is 32.1. The highest BCUT2D eigenvalue weighted by Gasteiger charge is 2.11. The molecule has 1 aromatic heterocycles. The molecule has 0 spiro atoms. The minimum atomic E-state index is -0.638. The first kappa shape index (κ1) is 21.4.